The molecule has 8 heteroatoms. The van der Waals surface area contributed by atoms with Gasteiger partial charge in [-0.3, -0.25) is 9.36 Å². The maximum Gasteiger partial charge on any atom is 0.269 e. The Hall–Kier alpha value is -4.36. The van der Waals surface area contributed by atoms with Crippen molar-refractivity contribution in [2.75, 3.05) is 0 Å². The fraction of sp³-hybridized carbons (Fsp3) is 0. The Kier molecular flexibility index (Phi) is 4.48. The molecule has 0 N–H and O–H groups in total. The van der Waals surface area contributed by atoms with Crippen molar-refractivity contribution in [1.29, 1.82) is 0 Å². The van der Waals surface area contributed by atoms with E-state index in [2.05, 4.69) is 10.1 Å². The molecule has 0 aliphatic carbocycles. The van der Waals surface area contributed by atoms with Crippen molar-refractivity contribution >= 4 is 51.0 Å². The van der Waals surface area contributed by atoms with Crippen molar-refractivity contribution < 1.29 is 0 Å². The van der Waals surface area contributed by atoms with Crippen LogP contribution in [0, 0.1) is 0 Å². The first kappa shape index (κ1) is 19.3. The molecule has 6 rings (SSSR count). The minimum atomic E-state index is -0.235. The molecule has 0 atom stereocenters. The first-order valence-electron chi connectivity index (χ1n) is 10.2. The van der Waals surface area contributed by atoms with Gasteiger partial charge in [-0.25, -0.2) is 15.0 Å². The standard InChI is InChI=1S/C25H15ClN6O/c26-17-12-10-16(11-13-17)14-28-32-23-21(22-24(32)30-20-9-5-4-8-19(20)29-22)25(33)31(15-27-23)18-6-2-1-3-7-18/h1-15H/b28-14+. The van der Waals surface area contributed by atoms with Crippen molar-refractivity contribution in [3.63, 3.8) is 0 Å². The van der Waals surface area contributed by atoms with Gasteiger partial charge in [0.15, 0.2) is 11.3 Å². The maximum atomic E-state index is 13.6. The van der Waals surface area contributed by atoms with Crippen LogP contribution < -0.4 is 5.56 Å². The Labute approximate surface area is 192 Å². The Morgan fingerprint density at radius 2 is 1.52 bits per heavy atom. The van der Waals surface area contributed by atoms with Gasteiger partial charge in [0.1, 0.15) is 17.2 Å². The van der Waals surface area contributed by atoms with Crippen molar-refractivity contribution in [3.05, 3.63) is 106 Å². The summed E-state index contributed by atoms with van der Waals surface area (Å²) >= 11 is 5.99. The summed E-state index contributed by atoms with van der Waals surface area (Å²) in [6, 6.07) is 24.2. The van der Waals surface area contributed by atoms with Crippen LogP contribution in [0.3, 0.4) is 0 Å². The van der Waals surface area contributed by atoms with Crippen LogP contribution >= 0.6 is 11.6 Å². The van der Waals surface area contributed by atoms with Gasteiger partial charge < -0.3 is 0 Å². The summed E-state index contributed by atoms with van der Waals surface area (Å²) < 4.78 is 3.07. The van der Waals surface area contributed by atoms with Crippen LogP contribution in [0.4, 0.5) is 0 Å². The molecule has 0 bridgehead atoms. The van der Waals surface area contributed by atoms with E-state index in [1.54, 1.807) is 23.0 Å². The summed E-state index contributed by atoms with van der Waals surface area (Å²) in [6.45, 7) is 0. The first-order chi connectivity index (χ1) is 16.2. The molecule has 6 aromatic rings. The van der Waals surface area contributed by atoms with Gasteiger partial charge in [-0.1, -0.05) is 54.1 Å². The minimum Gasteiger partial charge on any atom is -0.268 e. The Balaban J connectivity index is 1.67. The van der Waals surface area contributed by atoms with E-state index in [0.29, 0.717) is 38.3 Å². The lowest BCUT2D eigenvalue weighted by Crippen LogP contribution is -2.18. The van der Waals surface area contributed by atoms with Crippen LogP contribution in [0.5, 0.6) is 0 Å². The van der Waals surface area contributed by atoms with E-state index in [0.717, 1.165) is 11.3 Å². The molecule has 0 spiro atoms. The number of fused-ring (bicyclic) bond motifs is 4. The van der Waals surface area contributed by atoms with Gasteiger partial charge in [-0.2, -0.15) is 9.78 Å². The zero-order valence-electron chi connectivity index (χ0n) is 17.1. The first-order valence-corrected chi connectivity index (χ1v) is 10.6. The molecule has 0 unspecified atom stereocenters. The highest BCUT2D eigenvalue weighted by Crippen LogP contribution is 2.25. The van der Waals surface area contributed by atoms with Gasteiger partial charge in [-0.05, 0) is 42.0 Å². The largest absolute Gasteiger partial charge is 0.269 e. The average Bonchev–Trinajstić information content (AvgIpc) is 3.16. The van der Waals surface area contributed by atoms with E-state index in [-0.39, 0.29) is 5.56 Å². The second-order valence-corrected chi connectivity index (χ2v) is 7.88. The molecule has 0 aliphatic rings. The third-order valence-electron chi connectivity index (χ3n) is 5.37. The van der Waals surface area contributed by atoms with Gasteiger partial charge in [0.25, 0.3) is 5.56 Å². The van der Waals surface area contributed by atoms with Crippen LogP contribution in [0.2, 0.25) is 5.02 Å². The summed E-state index contributed by atoms with van der Waals surface area (Å²) in [5, 5.41) is 5.62. The third kappa shape index (κ3) is 3.26. The number of hydrogen-bond donors (Lipinski definition) is 0. The summed E-state index contributed by atoms with van der Waals surface area (Å²) in [7, 11) is 0. The van der Waals surface area contributed by atoms with Crippen LogP contribution in [0.25, 0.3) is 38.9 Å². The Morgan fingerprint density at radius 3 is 2.27 bits per heavy atom. The smallest absolute Gasteiger partial charge is 0.268 e. The van der Waals surface area contributed by atoms with Crippen molar-refractivity contribution in [2.24, 2.45) is 5.10 Å². The quantitative estimate of drug-likeness (QED) is 0.362. The predicted octanol–water partition coefficient (Wildman–Crippen LogP) is 4.82. The zero-order valence-corrected chi connectivity index (χ0v) is 17.9. The number of nitrogens with zero attached hydrogens (tertiary/aromatic N) is 6. The highest BCUT2D eigenvalue weighted by Gasteiger charge is 2.20. The number of hydrogen-bond acceptors (Lipinski definition) is 5. The highest BCUT2D eigenvalue weighted by atomic mass is 35.5. The fourth-order valence-corrected chi connectivity index (χ4v) is 3.90. The summed E-state index contributed by atoms with van der Waals surface area (Å²) in [4.78, 5) is 27.7. The number of benzene rings is 3. The molecule has 3 aromatic heterocycles. The maximum absolute atomic E-state index is 13.6. The normalized spacial score (nSPS) is 11.8. The molecule has 0 aliphatic heterocycles. The summed E-state index contributed by atoms with van der Waals surface area (Å²) in [6.07, 6.45) is 3.18. The molecule has 158 valence electrons. The lowest BCUT2D eigenvalue weighted by molar-refractivity contribution is 0.906. The molecular weight excluding hydrogens is 436 g/mol. The van der Waals surface area contributed by atoms with Gasteiger partial charge in [0.05, 0.1) is 22.9 Å². The van der Waals surface area contributed by atoms with Crippen molar-refractivity contribution in [3.8, 4) is 5.69 Å². The molecule has 0 amide bonds. The van der Waals surface area contributed by atoms with Crippen LogP contribution in [0.1, 0.15) is 5.56 Å². The van der Waals surface area contributed by atoms with E-state index in [1.165, 1.54) is 10.9 Å². The van der Waals surface area contributed by atoms with Gasteiger partial charge in [0, 0.05) is 5.02 Å². The van der Waals surface area contributed by atoms with Crippen LogP contribution in [-0.4, -0.2) is 30.4 Å². The monoisotopic (exact) mass is 450 g/mol. The van der Waals surface area contributed by atoms with E-state index < -0.39 is 0 Å². The van der Waals surface area contributed by atoms with Crippen molar-refractivity contribution in [2.45, 2.75) is 0 Å². The van der Waals surface area contributed by atoms with Gasteiger partial charge in [-0.15, -0.1) is 0 Å². The van der Waals surface area contributed by atoms with Crippen LogP contribution in [-0.2, 0) is 0 Å². The Morgan fingerprint density at radius 1 is 0.818 bits per heavy atom. The molecule has 0 saturated heterocycles. The lowest BCUT2D eigenvalue weighted by atomic mass is 10.2. The molecule has 33 heavy (non-hydrogen) atoms. The molecule has 7 nitrogen and oxygen atoms in total. The Bertz CT molecular complexity index is 1740. The topological polar surface area (TPSA) is 78.0 Å². The minimum absolute atomic E-state index is 0.235. The van der Waals surface area contributed by atoms with E-state index in [4.69, 9.17) is 21.6 Å². The second-order valence-electron chi connectivity index (χ2n) is 7.45. The molecular formula is C25H15ClN6O. The van der Waals surface area contributed by atoms with Gasteiger partial charge in [0.2, 0.25) is 0 Å². The fourth-order valence-electron chi connectivity index (χ4n) is 3.77. The second kappa shape index (κ2) is 7.65. The van der Waals surface area contributed by atoms with E-state index in [9.17, 15) is 4.79 Å². The van der Waals surface area contributed by atoms with E-state index >= 15 is 0 Å². The number of para-hydroxylation sites is 3. The van der Waals surface area contributed by atoms with Crippen molar-refractivity contribution in [1.82, 2.24) is 24.2 Å². The molecule has 3 heterocycles. The number of rotatable bonds is 3. The molecule has 0 fully saturated rings. The lowest BCUT2D eigenvalue weighted by Gasteiger charge is -2.04. The third-order valence-corrected chi connectivity index (χ3v) is 5.62. The zero-order chi connectivity index (χ0) is 22.4. The highest BCUT2D eigenvalue weighted by molar-refractivity contribution is 6.30. The average molecular weight is 451 g/mol. The van der Waals surface area contributed by atoms with Crippen LogP contribution in [0.15, 0.2) is 95.1 Å². The predicted molar refractivity (Wildman–Crippen MR) is 130 cm³/mol. The summed E-state index contributed by atoms with van der Waals surface area (Å²) in [5.41, 5.74) is 4.05. The SMILES string of the molecule is O=c1c2c3nc4ccccc4nc3n(/N=C/c3ccc(Cl)cc3)c2ncn1-c1ccccc1. The number of aromatic nitrogens is 5. The molecule has 0 radical (unpaired) electrons. The molecule has 0 saturated carbocycles. The summed E-state index contributed by atoms with van der Waals surface area (Å²) in [5.74, 6) is 0. The number of halogens is 1. The van der Waals surface area contributed by atoms with E-state index in [1.807, 2.05) is 66.7 Å². The van der Waals surface area contributed by atoms with Gasteiger partial charge >= 0.3 is 0 Å². The molecule has 3 aromatic carbocycles.